The highest BCUT2D eigenvalue weighted by Gasteiger charge is 2.15. The molecule has 15 heavy (non-hydrogen) atoms. The van der Waals surface area contributed by atoms with Crippen molar-refractivity contribution in [2.75, 3.05) is 0 Å². The number of hydrogen-bond donors (Lipinski definition) is 0. The van der Waals surface area contributed by atoms with E-state index in [1.54, 1.807) is 12.1 Å². The van der Waals surface area contributed by atoms with Crippen LogP contribution in [0.3, 0.4) is 0 Å². The molecule has 1 heterocycles. The van der Waals surface area contributed by atoms with E-state index in [0.29, 0.717) is 9.90 Å². The fourth-order valence-corrected chi connectivity index (χ4v) is 3.16. The average molecular weight is 306 g/mol. The molecule has 2 aromatic rings. The maximum atomic E-state index is 13.5. The van der Waals surface area contributed by atoms with Gasteiger partial charge in [0.2, 0.25) is 0 Å². The molecule has 0 N–H and O–H groups in total. The minimum absolute atomic E-state index is 0.129. The summed E-state index contributed by atoms with van der Waals surface area (Å²) >= 11 is 10.8. The minimum Gasteiger partial charge on any atom is -0.207 e. The Balaban J connectivity index is 2.36. The molecule has 0 spiro atoms. The molecule has 0 radical (unpaired) electrons. The summed E-state index contributed by atoms with van der Waals surface area (Å²) in [7, 11) is 0. The second-order valence-corrected chi connectivity index (χ2v) is 5.69. The summed E-state index contributed by atoms with van der Waals surface area (Å²) in [5, 5.41) is 0. The Bertz CT molecular complexity index is 469. The van der Waals surface area contributed by atoms with Crippen molar-refractivity contribution in [2.45, 2.75) is 4.83 Å². The molecule has 1 aromatic carbocycles. The molecule has 1 atom stereocenters. The number of alkyl halides is 1. The van der Waals surface area contributed by atoms with Crippen LogP contribution in [-0.4, -0.2) is 0 Å². The van der Waals surface area contributed by atoms with Crippen molar-refractivity contribution in [1.82, 2.24) is 0 Å². The highest BCUT2D eigenvalue weighted by molar-refractivity contribution is 9.09. The zero-order valence-electron chi connectivity index (χ0n) is 7.58. The Morgan fingerprint density at radius 3 is 2.53 bits per heavy atom. The first-order valence-corrected chi connectivity index (χ1v) is 6.43. The minimum atomic E-state index is -0.205. The molecule has 1 aromatic heterocycles. The van der Waals surface area contributed by atoms with Crippen molar-refractivity contribution >= 4 is 38.9 Å². The van der Waals surface area contributed by atoms with Gasteiger partial charge >= 0.3 is 0 Å². The molecule has 1 unspecified atom stereocenters. The maximum absolute atomic E-state index is 13.5. The molecular formula is C11H7BrClFS. The van der Waals surface area contributed by atoms with E-state index >= 15 is 0 Å². The normalized spacial score (nSPS) is 12.7. The highest BCUT2D eigenvalue weighted by Crippen LogP contribution is 2.37. The van der Waals surface area contributed by atoms with E-state index in [4.69, 9.17) is 11.6 Å². The molecule has 0 bridgehead atoms. The van der Waals surface area contributed by atoms with Crippen LogP contribution in [0.2, 0.25) is 4.34 Å². The van der Waals surface area contributed by atoms with Crippen molar-refractivity contribution in [1.29, 1.82) is 0 Å². The lowest BCUT2D eigenvalue weighted by molar-refractivity contribution is 0.614. The van der Waals surface area contributed by atoms with Gasteiger partial charge in [-0.3, -0.25) is 0 Å². The molecule has 0 saturated heterocycles. The smallest absolute Gasteiger partial charge is 0.127 e. The molecule has 0 aliphatic rings. The van der Waals surface area contributed by atoms with E-state index in [2.05, 4.69) is 15.9 Å². The first-order valence-electron chi connectivity index (χ1n) is 4.32. The van der Waals surface area contributed by atoms with Crippen molar-refractivity contribution < 1.29 is 4.39 Å². The van der Waals surface area contributed by atoms with Gasteiger partial charge in [-0.25, -0.2) is 4.39 Å². The van der Waals surface area contributed by atoms with E-state index in [1.165, 1.54) is 17.4 Å². The van der Waals surface area contributed by atoms with Gasteiger partial charge in [-0.15, -0.1) is 11.3 Å². The Hall–Kier alpha value is -0.380. The largest absolute Gasteiger partial charge is 0.207 e. The summed E-state index contributed by atoms with van der Waals surface area (Å²) in [4.78, 5) is 0.876. The van der Waals surface area contributed by atoms with Crippen LogP contribution in [0.4, 0.5) is 4.39 Å². The lowest BCUT2D eigenvalue weighted by atomic mass is 10.1. The molecule has 0 nitrogen and oxygen atoms in total. The van der Waals surface area contributed by atoms with Crippen LogP contribution in [-0.2, 0) is 0 Å². The molecule has 2 rings (SSSR count). The standard InChI is InChI=1S/C11H7BrClFS/c12-11(9-5-6-10(13)15-9)7-3-1-2-4-8(7)14/h1-6,11H. The lowest BCUT2D eigenvalue weighted by Gasteiger charge is -2.08. The van der Waals surface area contributed by atoms with Gasteiger partial charge in [-0.05, 0) is 18.2 Å². The van der Waals surface area contributed by atoms with Gasteiger partial charge in [-0.1, -0.05) is 45.7 Å². The van der Waals surface area contributed by atoms with E-state index in [-0.39, 0.29) is 10.6 Å². The average Bonchev–Trinajstić information content (AvgIpc) is 2.65. The monoisotopic (exact) mass is 304 g/mol. The predicted octanol–water partition coefficient (Wildman–Crippen LogP) is 5.02. The SMILES string of the molecule is Fc1ccccc1C(Br)c1ccc(Cl)s1. The second-order valence-electron chi connectivity index (χ2n) is 3.03. The van der Waals surface area contributed by atoms with Gasteiger partial charge in [0.15, 0.2) is 0 Å². The number of thiophene rings is 1. The first kappa shape index (κ1) is 11.1. The summed E-state index contributed by atoms with van der Waals surface area (Å²) in [5.41, 5.74) is 0.635. The highest BCUT2D eigenvalue weighted by atomic mass is 79.9. The van der Waals surface area contributed by atoms with Gasteiger partial charge in [-0.2, -0.15) is 0 Å². The van der Waals surface area contributed by atoms with Gasteiger partial charge in [0.05, 0.1) is 9.16 Å². The first-order chi connectivity index (χ1) is 7.18. The number of halogens is 3. The van der Waals surface area contributed by atoms with Gasteiger partial charge in [0.1, 0.15) is 5.82 Å². The van der Waals surface area contributed by atoms with Crippen LogP contribution in [0.5, 0.6) is 0 Å². The fourth-order valence-electron chi connectivity index (χ4n) is 1.30. The van der Waals surface area contributed by atoms with Crippen LogP contribution >= 0.6 is 38.9 Å². The van der Waals surface area contributed by atoms with E-state index in [1.807, 2.05) is 18.2 Å². The van der Waals surface area contributed by atoms with Crippen molar-refractivity contribution in [3.05, 3.63) is 57.0 Å². The van der Waals surface area contributed by atoms with Crippen LogP contribution in [0, 0.1) is 5.82 Å². The number of rotatable bonds is 2. The zero-order valence-corrected chi connectivity index (χ0v) is 10.7. The van der Waals surface area contributed by atoms with Crippen LogP contribution in [0.15, 0.2) is 36.4 Å². The molecule has 0 fully saturated rings. The van der Waals surface area contributed by atoms with Crippen molar-refractivity contribution in [3.8, 4) is 0 Å². The van der Waals surface area contributed by atoms with Crippen LogP contribution in [0.25, 0.3) is 0 Å². The molecule has 0 aliphatic carbocycles. The number of benzene rings is 1. The summed E-state index contributed by atoms with van der Waals surface area (Å²) in [6.07, 6.45) is 0. The van der Waals surface area contributed by atoms with E-state index in [9.17, 15) is 4.39 Å². The Labute approximate surface area is 105 Å². The van der Waals surface area contributed by atoms with E-state index in [0.717, 1.165) is 4.88 Å². The van der Waals surface area contributed by atoms with Gasteiger partial charge in [0.25, 0.3) is 0 Å². The molecule has 0 saturated carbocycles. The molecule has 4 heteroatoms. The van der Waals surface area contributed by atoms with E-state index < -0.39 is 0 Å². The second kappa shape index (κ2) is 4.64. The fraction of sp³-hybridized carbons (Fsp3) is 0.0909. The summed E-state index contributed by atoms with van der Waals surface area (Å²) in [5.74, 6) is -0.205. The third-order valence-corrected chi connectivity index (χ3v) is 4.61. The predicted molar refractivity (Wildman–Crippen MR) is 66.5 cm³/mol. The quantitative estimate of drug-likeness (QED) is 0.683. The molecule has 0 amide bonds. The van der Waals surface area contributed by atoms with Gasteiger partial charge in [0, 0.05) is 10.4 Å². The van der Waals surface area contributed by atoms with Crippen LogP contribution < -0.4 is 0 Å². The molecule has 78 valence electrons. The van der Waals surface area contributed by atoms with Crippen molar-refractivity contribution in [3.63, 3.8) is 0 Å². The summed E-state index contributed by atoms with van der Waals surface area (Å²) in [6, 6.07) is 10.4. The topological polar surface area (TPSA) is 0 Å². The molecule has 0 aliphatic heterocycles. The van der Waals surface area contributed by atoms with Crippen molar-refractivity contribution in [2.24, 2.45) is 0 Å². The Morgan fingerprint density at radius 1 is 1.20 bits per heavy atom. The molecular weight excluding hydrogens is 299 g/mol. The summed E-state index contributed by atoms with van der Waals surface area (Å²) in [6.45, 7) is 0. The Kier molecular flexibility index (Phi) is 3.44. The van der Waals surface area contributed by atoms with Crippen LogP contribution in [0.1, 0.15) is 15.3 Å². The third-order valence-electron chi connectivity index (χ3n) is 2.02. The van der Waals surface area contributed by atoms with Gasteiger partial charge < -0.3 is 0 Å². The lowest BCUT2D eigenvalue weighted by Crippen LogP contribution is -1.93. The zero-order chi connectivity index (χ0) is 10.8. The maximum Gasteiger partial charge on any atom is 0.127 e. The number of hydrogen-bond acceptors (Lipinski definition) is 1. The third kappa shape index (κ3) is 2.41. The Morgan fingerprint density at radius 2 is 1.93 bits per heavy atom. The summed E-state index contributed by atoms with van der Waals surface area (Å²) < 4.78 is 14.2.